The molecule has 3 aromatic rings. The first-order valence-electron chi connectivity index (χ1n) is 9.35. The van der Waals surface area contributed by atoms with Gasteiger partial charge < -0.3 is 5.32 Å². The zero-order chi connectivity index (χ0) is 24.4. The highest BCUT2D eigenvalue weighted by Crippen LogP contribution is 2.34. The molecule has 174 valence electrons. The smallest absolute Gasteiger partial charge is 0.321 e. The Hall–Kier alpha value is -2.75. The molecule has 0 aliphatic rings. The number of anilines is 2. The van der Waals surface area contributed by atoms with Crippen molar-refractivity contribution in [3.05, 3.63) is 93.5 Å². The van der Waals surface area contributed by atoms with Gasteiger partial charge in [-0.2, -0.15) is 13.2 Å². The molecule has 0 aliphatic carbocycles. The zero-order valence-electron chi connectivity index (χ0n) is 17.0. The van der Waals surface area contributed by atoms with Gasteiger partial charge in [-0.25, -0.2) is 8.42 Å². The summed E-state index contributed by atoms with van der Waals surface area (Å²) in [5, 5.41) is 2.81. The van der Waals surface area contributed by atoms with Crippen LogP contribution in [-0.2, 0) is 22.7 Å². The lowest BCUT2D eigenvalue weighted by molar-refractivity contribution is -0.137. The van der Waals surface area contributed by atoms with Crippen LogP contribution in [0.4, 0.5) is 24.5 Å². The summed E-state index contributed by atoms with van der Waals surface area (Å²) in [6, 6.07) is 14.9. The van der Waals surface area contributed by atoms with Crippen molar-refractivity contribution in [2.24, 2.45) is 0 Å². The maximum atomic E-state index is 12.9. The highest BCUT2D eigenvalue weighted by atomic mass is 35.5. The monoisotopic (exact) mass is 516 g/mol. The van der Waals surface area contributed by atoms with Crippen molar-refractivity contribution in [1.82, 2.24) is 0 Å². The Balaban J connectivity index is 1.82. The average molecular weight is 517 g/mol. The van der Waals surface area contributed by atoms with Crippen molar-refractivity contribution in [3.63, 3.8) is 0 Å². The minimum atomic E-state index is -4.59. The quantitative estimate of drug-likeness (QED) is 0.422. The van der Waals surface area contributed by atoms with Crippen LogP contribution in [0.25, 0.3) is 0 Å². The van der Waals surface area contributed by atoms with Crippen LogP contribution in [0.1, 0.15) is 21.5 Å². The molecule has 33 heavy (non-hydrogen) atoms. The predicted octanol–water partition coefficient (Wildman–Crippen LogP) is 6.23. The third-order valence-corrected chi connectivity index (χ3v) is 6.32. The van der Waals surface area contributed by atoms with Crippen molar-refractivity contribution in [1.29, 1.82) is 0 Å². The van der Waals surface area contributed by atoms with Crippen LogP contribution in [0.3, 0.4) is 0 Å². The molecule has 0 heterocycles. The summed E-state index contributed by atoms with van der Waals surface area (Å²) in [7, 11) is -3.66. The molecule has 0 spiro atoms. The van der Waals surface area contributed by atoms with E-state index < -0.39 is 27.7 Å². The number of benzene rings is 3. The maximum absolute atomic E-state index is 12.9. The predicted molar refractivity (Wildman–Crippen MR) is 123 cm³/mol. The molecule has 3 rings (SSSR count). The molecule has 0 aromatic heterocycles. The summed E-state index contributed by atoms with van der Waals surface area (Å²) in [4.78, 5) is 12.5. The number of sulfonamides is 1. The summed E-state index contributed by atoms with van der Waals surface area (Å²) in [5.41, 5.74) is -0.0382. The largest absolute Gasteiger partial charge is 0.416 e. The van der Waals surface area contributed by atoms with Gasteiger partial charge in [-0.1, -0.05) is 35.3 Å². The third kappa shape index (κ3) is 6.40. The van der Waals surface area contributed by atoms with Gasteiger partial charge in [0.05, 0.1) is 34.8 Å². The first kappa shape index (κ1) is 24.9. The number of alkyl halides is 3. The van der Waals surface area contributed by atoms with Crippen molar-refractivity contribution in [3.8, 4) is 0 Å². The lowest BCUT2D eigenvalue weighted by atomic mass is 10.1. The summed E-state index contributed by atoms with van der Waals surface area (Å²) in [6.45, 7) is 0.0430. The Labute approximate surface area is 198 Å². The minimum Gasteiger partial charge on any atom is -0.321 e. The molecule has 11 heteroatoms. The average Bonchev–Trinajstić information content (AvgIpc) is 2.73. The lowest BCUT2D eigenvalue weighted by Crippen LogP contribution is -2.29. The molecule has 0 bridgehead atoms. The van der Waals surface area contributed by atoms with Crippen LogP contribution in [-0.4, -0.2) is 20.6 Å². The number of halogens is 5. The number of hydrogen-bond donors (Lipinski definition) is 1. The highest BCUT2D eigenvalue weighted by molar-refractivity contribution is 7.92. The lowest BCUT2D eigenvalue weighted by Gasteiger charge is -2.23. The van der Waals surface area contributed by atoms with E-state index in [2.05, 4.69) is 5.32 Å². The molecule has 1 amide bonds. The number of nitrogens with zero attached hydrogens (tertiary/aromatic N) is 1. The molecule has 1 N–H and O–H groups in total. The summed E-state index contributed by atoms with van der Waals surface area (Å²) in [6.07, 6.45) is -3.54. The van der Waals surface area contributed by atoms with Gasteiger partial charge >= 0.3 is 6.18 Å². The van der Waals surface area contributed by atoms with Gasteiger partial charge in [0.15, 0.2) is 0 Å². The van der Waals surface area contributed by atoms with E-state index in [0.29, 0.717) is 16.3 Å². The number of carbonyl (C=O) groups is 1. The highest BCUT2D eigenvalue weighted by Gasteiger charge is 2.31. The maximum Gasteiger partial charge on any atom is 0.416 e. The number of carbonyl (C=O) groups excluding carboxylic acids is 1. The Bertz CT molecular complexity index is 1260. The fourth-order valence-corrected chi connectivity index (χ4v) is 4.11. The second-order valence-electron chi connectivity index (χ2n) is 7.09. The molecule has 0 saturated heterocycles. The van der Waals surface area contributed by atoms with Crippen molar-refractivity contribution in [2.75, 3.05) is 15.9 Å². The van der Waals surface area contributed by atoms with Gasteiger partial charge in [0.1, 0.15) is 0 Å². The standard InChI is InChI=1S/C22H17Cl2F3N2O3S/c1-33(31,32)29(13-14-2-7-17(23)8-3-14)18-9-4-15(5-10-18)21(30)28-20-12-16(22(25,26)27)6-11-19(20)24/h2-12H,13H2,1H3,(H,28,30). The summed E-state index contributed by atoms with van der Waals surface area (Å²) < 4.78 is 64.6. The molecule has 5 nitrogen and oxygen atoms in total. The van der Waals surface area contributed by atoms with E-state index >= 15 is 0 Å². The first-order valence-corrected chi connectivity index (χ1v) is 12.0. The second kappa shape index (κ2) is 9.62. The van der Waals surface area contributed by atoms with Crippen LogP contribution < -0.4 is 9.62 Å². The van der Waals surface area contributed by atoms with Crippen molar-refractivity contribution >= 4 is 50.5 Å². The Morgan fingerprint density at radius 2 is 1.58 bits per heavy atom. The molecule has 0 saturated carbocycles. The molecular formula is C22H17Cl2F3N2O3S. The third-order valence-electron chi connectivity index (χ3n) is 4.60. The van der Waals surface area contributed by atoms with Crippen LogP contribution in [0.15, 0.2) is 66.7 Å². The fourth-order valence-electron chi connectivity index (χ4n) is 2.93. The Morgan fingerprint density at radius 3 is 2.12 bits per heavy atom. The van der Waals surface area contributed by atoms with Crippen molar-refractivity contribution < 1.29 is 26.4 Å². The second-order valence-corrected chi connectivity index (χ2v) is 9.84. The van der Waals surface area contributed by atoms with Crippen LogP contribution in [0.2, 0.25) is 10.0 Å². The Kier molecular flexibility index (Phi) is 7.26. The molecule has 0 aliphatic heterocycles. The van der Waals surface area contributed by atoms with Gasteiger partial charge in [-0.3, -0.25) is 9.10 Å². The molecule has 0 atom stereocenters. The summed E-state index contributed by atoms with van der Waals surface area (Å²) >= 11 is 11.8. The first-order chi connectivity index (χ1) is 15.3. The van der Waals surface area contributed by atoms with Gasteiger partial charge in [0.2, 0.25) is 10.0 Å². The number of hydrogen-bond acceptors (Lipinski definition) is 3. The van der Waals surface area contributed by atoms with E-state index in [9.17, 15) is 26.4 Å². The molecule has 3 aromatic carbocycles. The minimum absolute atomic E-state index is 0.0430. The SMILES string of the molecule is CS(=O)(=O)N(Cc1ccc(Cl)cc1)c1ccc(C(=O)Nc2cc(C(F)(F)F)ccc2Cl)cc1. The van der Waals surface area contributed by atoms with E-state index in [-0.39, 0.29) is 22.8 Å². The zero-order valence-corrected chi connectivity index (χ0v) is 19.4. The number of amides is 1. The fraction of sp³-hybridized carbons (Fsp3) is 0.136. The van der Waals surface area contributed by atoms with Crippen LogP contribution >= 0.6 is 23.2 Å². The Morgan fingerprint density at radius 1 is 0.970 bits per heavy atom. The van der Waals surface area contributed by atoms with E-state index in [1.807, 2.05) is 0 Å². The van der Waals surface area contributed by atoms with Gasteiger partial charge in [-0.05, 0) is 60.2 Å². The van der Waals surface area contributed by atoms with Gasteiger partial charge in [0, 0.05) is 10.6 Å². The normalized spacial score (nSPS) is 11.8. The number of rotatable bonds is 6. The molecule has 0 fully saturated rings. The van der Waals surface area contributed by atoms with Crippen LogP contribution in [0.5, 0.6) is 0 Å². The van der Waals surface area contributed by atoms with Crippen molar-refractivity contribution in [2.45, 2.75) is 12.7 Å². The number of nitrogens with one attached hydrogen (secondary N) is 1. The van der Waals surface area contributed by atoms with E-state index in [1.165, 1.54) is 24.3 Å². The topological polar surface area (TPSA) is 66.5 Å². The van der Waals surface area contributed by atoms with Gasteiger partial charge in [0.25, 0.3) is 5.91 Å². The molecule has 0 unspecified atom stereocenters. The van der Waals surface area contributed by atoms with Crippen LogP contribution in [0, 0.1) is 0 Å². The van der Waals surface area contributed by atoms with Gasteiger partial charge in [-0.15, -0.1) is 0 Å². The molecule has 0 radical (unpaired) electrons. The van der Waals surface area contributed by atoms with E-state index in [0.717, 1.165) is 28.8 Å². The summed E-state index contributed by atoms with van der Waals surface area (Å²) in [5.74, 6) is -0.702. The molecular weight excluding hydrogens is 500 g/mol. The van der Waals surface area contributed by atoms with E-state index in [4.69, 9.17) is 23.2 Å². The van der Waals surface area contributed by atoms with E-state index in [1.54, 1.807) is 24.3 Å².